The first kappa shape index (κ1) is 52.8. The van der Waals surface area contributed by atoms with Gasteiger partial charge < -0.3 is 48.4 Å². The Bertz CT molecular complexity index is 2110. The molecule has 4 rings (SSSR count). The lowest BCUT2D eigenvalue weighted by Gasteiger charge is -2.38. The number of nitrogen functional groups attached to an aromatic ring is 1. The molecule has 2 heterocycles. The second kappa shape index (κ2) is 21.7. The molecule has 2 aliphatic heterocycles. The zero-order valence-electron chi connectivity index (χ0n) is 41.5. The van der Waals surface area contributed by atoms with Gasteiger partial charge in [-0.05, 0) is 94.3 Å². The minimum absolute atomic E-state index is 0.00285. The first-order valence-corrected chi connectivity index (χ1v) is 28.4. The standard InChI is InChI=1S/C49H76N4O10Si2/c1-16-20-51(47(56)57)40-28-44(42(59-11)26-38(40)46(55)53-30-34(3)24-36(53)32-63-65(14,15)49(7,8)9)61-22-19-17-18-21-60-43-27-39(50)37(25-41(43)58-10)45(54)52-29-33(2)23-35(52)31-62-64(12,13)48(4,5)6/h16,25-30,35-36H,1,17-24,31-32,50H2,2-15H3,(H,56,57)/t35-,36-/m0/s1. The van der Waals surface area contributed by atoms with Crippen molar-refractivity contribution in [3.63, 3.8) is 0 Å². The summed E-state index contributed by atoms with van der Waals surface area (Å²) in [6, 6.07) is 6.01. The van der Waals surface area contributed by atoms with Crippen LogP contribution >= 0.6 is 0 Å². The van der Waals surface area contributed by atoms with Gasteiger partial charge in [0.05, 0.1) is 69.5 Å². The number of unbranched alkanes of at least 4 members (excludes halogenated alkanes) is 2. The lowest BCUT2D eigenvalue weighted by Crippen LogP contribution is -2.45. The zero-order valence-corrected chi connectivity index (χ0v) is 43.5. The Morgan fingerprint density at radius 3 is 1.58 bits per heavy atom. The van der Waals surface area contributed by atoms with Crippen molar-refractivity contribution in [2.45, 2.75) is 136 Å². The van der Waals surface area contributed by atoms with Crippen LogP contribution in [0.5, 0.6) is 23.0 Å². The second-order valence-corrected chi connectivity index (χ2v) is 29.9. The number of ether oxygens (including phenoxy) is 4. The molecule has 2 aliphatic rings. The molecule has 3 amide bonds. The summed E-state index contributed by atoms with van der Waals surface area (Å²) in [5.41, 5.74) is 9.56. The van der Waals surface area contributed by atoms with E-state index in [9.17, 15) is 19.5 Å². The zero-order chi connectivity index (χ0) is 48.7. The Morgan fingerprint density at radius 1 is 0.738 bits per heavy atom. The lowest BCUT2D eigenvalue weighted by atomic mass is 10.1. The molecule has 0 radical (unpaired) electrons. The third kappa shape index (κ3) is 13.0. The van der Waals surface area contributed by atoms with E-state index in [2.05, 4.69) is 74.3 Å². The third-order valence-corrected chi connectivity index (χ3v) is 22.2. The summed E-state index contributed by atoms with van der Waals surface area (Å²) < 4.78 is 36.7. The van der Waals surface area contributed by atoms with Crippen LogP contribution in [0.3, 0.4) is 0 Å². The van der Waals surface area contributed by atoms with Crippen LogP contribution in [0.2, 0.25) is 36.3 Å². The molecule has 0 spiro atoms. The minimum atomic E-state index is -2.11. The van der Waals surface area contributed by atoms with Crippen molar-refractivity contribution in [1.29, 1.82) is 0 Å². The molecule has 0 bridgehead atoms. The van der Waals surface area contributed by atoms with Crippen molar-refractivity contribution in [2.75, 3.05) is 57.8 Å². The summed E-state index contributed by atoms with van der Waals surface area (Å²) in [4.78, 5) is 45.4. The highest BCUT2D eigenvalue weighted by Gasteiger charge is 2.41. The predicted molar refractivity (Wildman–Crippen MR) is 264 cm³/mol. The highest BCUT2D eigenvalue weighted by molar-refractivity contribution is 6.74. The minimum Gasteiger partial charge on any atom is -0.493 e. The molecule has 2 aromatic carbocycles. The van der Waals surface area contributed by atoms with E-state index in [-0.39, 0.29) is 58.4 Å². The molecule has 0 aromatic heterocycles. The fourth-order valence-corrected chi connectivity index (χ4v) is 9.27. The molecular weight excluding hydrogens is 861 g/mol. The first-order valence-electron chi connectivity index (χ1n) is 22.6. The van der Waals surface area contributed by atoms with E-state index in [0.29, 0.717) is 73.3 Å². The number of benzene rings is 2. The van der Waals surface area contributed by atoms with E-state index >= 15 is 0 Å². The van der Waals surface area contributed by atoms with E-state index in [1.165, 1.54) is 20.3 Å². The molecule has 65 heavy (non-hydrogen) atoms. The number of nitrogens with two attached hydrogens (primary N) is 1. The smallest absolute Gasteiger partial charge is 0.412 e. The largest absolute Gasteiger partial charge is 0.493 e. The number of anilines is 2. The summed E-state index contributed by atoms with van der Waals surface area (Å²) >= 11 is 0. The van der Waals surface area contributed by atoms with Gasteiger partial charge in [-0.15, -0.1) is 6.58 Å². The maximum atomic E-state index is 14.4. The van der Waals surface area contributed by atoms with Gasteiger partial charge in [-0.3, -0.25) is 14.5 Å². The van der Waals surface area contributed by atoms with Crippen molar-refractivity contribution >= 4 is 45.9 Å². The first-order chi connectivity index (χ1) is 30.3. The fraction of sp³-hybridized carbons (Fsp3) is 0.571. The van der Waals surface area contributed by atoms with Gasteiger partial charge in [0, 0.05) is 36.8 Å². The Labute approximate surface area is 389 Å². The maximum Gasteiger partial charge on any atom is 0.412 e. The number of amides is 3. The molecule has 3 N–H and O–H groups in total. The highest BCUT2D eigenvalue weighted by atomic mass is 28.4. The van der Waals surface area contributed by atoms with Crippen molar-refractivity contribution in [1.82, 2.24) is 9.80 Å². The Hall–Kier alpha value is -4.78. The van der Waals surface area contributed by atoms with Gasteiger partial charge in [0.2, 0.25) is 0 Å². The van der Waals surface area contributed by atoms with Gasteiger partial charge in [-0.1, -0.05) is 58.8 Å². The molecule has 0 aliphatic carbocycles. The number of carboxylic acid groups (broad SMARTS) is 1. The summed E-state index contributed by atoms with van der Waals surface area (Å²) in [6.07, 6.45) is 7.36. The van der Waals surface area contributed by atoms with E-state index < -0.39 is 22.7 Å². The monoisotopic (exact) mass is 937 g/mol. The molecule has 0 unspecified atom stereocenters. The normalized spacial score (nSPS) is 16.8. The number of hydrogen-bond donors (Lipinski definition) is 2. The SMILES string of the molecule is C=CCN(C(=O)O)c1cc(OCCCCCOc2cc(N)c(C(=O)N3C=C(C)C[C@H]3CO[Si](C)(C)C(C)(C)C)cc2OC)c(OC)cc1C(=O)N1C=C(C)C[C@H]1CO[Si](C)(C)C(C)(C)C. The van der Waals surface area contributed by atoms with Gasteiger partial charge in [-0.25, -0.2) is 4.79 Å². The second-order valence-electron chi connectivity index (χ2n) is 20.3. The van der Waals surface area contributed by atoms with Gasteiger partial charge in [0.1, 0.15) is 0 Å². The predicted octanol–water partition coefficient (Wildman–Crippen LogP) is 10.9. The van der Waals surface area contributed by atoms with Crippen molar-refractivity contribution in [3.8, 4) is 23.0 Å². The molecule has 16 heteroatoms. The molecular formula is C49H76N4O10Si2. The van der Waals surface area contributed by atoms with Crippen LogP contribution < -0.4 is 29.6 Å². The van der Waals surface area contributed by atoms with Gasteiger partial charge in [0.15, 0.2) is 39.6 Å². The van der Waals surface area contributed by atoms with Crippen LogP contribution in [0, 0.1) is 0 Å². The highest BCUT2D eigenvalue weighted by Crippen LogP contribution is 2.41. The quantitative estimate of drug-likeness (QED) is 0.0530. The summed E-state index contributed by atoms with van der Waals surface area (Å²) in [5, 5.41) is 10.3. The third-order valence-electron chi connectivity index (χ3n) is 13.2. The van der Waals surface area contributed by atoms with E-state index in [1.54, 1.807) is 34.1 Å². The number of methoxy groups -OCH3 is 2. The maximum absolute atomic E-state index is 14.4. The van der Waals surface area contributed by atoms with Crippen LogP contribution in [0.25, 0.3) is 0 Å². The number of hydrogen-bond acceptors (Lipinski definition) is 10. The van der Waals surface area contributed by atoms with Crippen LogP contribution in [0.1, 0.15) is 108 Å². The summed E-state index contributed by atoms with van der Waals surface area (Å²) in [7, 11) is -1.12. The molecule has 14 nitrogen and oxygen atoms in total. The van der Waals surface area contributed by atoms with Gasteiger partial charge >= 0.3 is 6.09 Å². The summed E-state index contributed by atoms with van der Waals surface area (Å²) in [5.74, 6) is 0.867. The Balaban J connectivity index is 1.41. The van der Waals surface area contributed by atoms with Crippen molar-refractivity contribution in [3.05, 3.63) is 71.6 Å². The molecule has 2 atom stereocenters. The topological polar surface area (TPSA) is 163 Å². The van der Waals surface area contributed by atoms with Crippen LogP contribution in [0.15, 0.2) is 60.5 Å². The fourth-order valence-electron chi connectivity index (χ4n) is 7.18. The number of carbonyl (C=O) groups excluding carboxylic acids is 2. The van der Waals surface area contributed by atoms with E-state index in [1.807, 2.05) is 26.2 Å². The molecule has 2 aromatic rings. The Kier molecular flexibility index (Phi) is 17.6. The van der Waals surface area contributed by atoms with Crippen molar-refractivity contribution in [2.24, 2.45) is 0 Å². The molecule has 0 saturated carbocycles. The summed E-state index contributed by atoms with van der Waals surface area (Å²) in [6.45, 7) is 31.1. The average molecular weight is 937 g/mol. The average Bonchev–Trinajstić information content (AvgIpc) is 3.80. The number of nitrogens with zero attached hydrogens (tertiary/aromatic N) is 3. The van der Waals surface area contributed by atoms with E-state index in [4.69, 9.17) is 33.5 Å². The molecule has 0 saturated heterocycles. The number of rotatable bonds is 21. The molecule has 0 fully saturated rings. The van der Waals surface area contributed by atoms with Gasteiger partial charge in [0.25, 0.3) is 11.8 Å². The van der Waals surface area contributed by atoms with Gasteiger partial charge in [-0.2, -0.15) is 0 Å². The van der Waals surface area contributed by atoms with Crippen LogP contribution in [0.4, 0.5) is 16.2 Å². The van der Waals surface area contributed by atoms with E-state index in [0.717, 1.165) is 28.9 Å². The lowest BCUT2D eigenvalue weighted by molar-refractivity contribution is 0.0731. The molecule has 360 valence electrons. The Morgan fingerprint density at radius 2 is 1.17 bits per heavy atom. The van der Waals surface area contributed by atoms with Crippen molar-refractivity contribution < 1.29 is 47.3 Å². The van der Waals surface area contributed by atoms with Crippen LogP contribution in [-0.2, 0) is 8.85 Å². The van der Waals surface area contributed by atoms with Crippen LogP contribution in [-0.4, -0.2) is 109 Å². The number of carbonyl (C=O) groups is 3.